The van der Waals surface area contributed by atoms with Crippen LogP contribution in [0.2, 0.25) is 0 Å². The van der Waals surface area contributed by atoms with Crippen LogP contribution in [0.4, 0.5) is 4.39 Å². The third-order valence-corrected chi connectivity index (χ3v) is 3.72. The van der Waals surface area contributed by atoms with Crippen LogP contribution in [0.3, 0.4) is 0 Å². The highest BCUT2D eigenvalue weighted by Crippen LogP contribution is 2.26. The minimum absolute atomic E-state index is 0.139. The van der Waals surface area contributed by atoms with Gasteiger partial charge in [-0.05, 0) is 31.2 Å². The standard InChI is InChI=1S/C17H16FN3O4/c1-10-13(16(20-25-10)11-4-6-12(18)7-5-11)9-24-15-8-14(17(22)23-3)21(2)19-15/h4-8H,9H2,1-3H3. The zero-order valence-corrected chi connectivity index (χ0v) is 13.9. The summed E-state index contributed by atoms with van der Waals surface area (Å²) in [7, 11) is 2.92. The van der Waals surface area contributed by atoms with Gasteiger partial charge in [0.05, 0.1) is 12.7 Å². The Labute approximate surface area is 142 Å². The number of carbonyl (C=O) groups excluding carboxylic acids is 1. The molecule has 0 unspecified atom stereocenters. The fourth-order valence-electron chi connectivity index (χ4n) is 2.35. The number of hydrogen-bond donors (Lipinski definition) is 0. The summed E-state index contributed by atoms with van der Waals surface area (Å²) < 4.78 is 30.0. The van der Waals surface area contributed by atoms with Crippen LogP contribution < -0.4 is 4.74 Å². The van der Waals surface area contributed by atoms with E-state index < -0.39 is 5.97 Å². The number of methoxy groups -OCH3 is 1. The first-order valence-electron chi connectivity index (χ1n) is 7.46. The molecule has 0 atom stereocenters. The van der Waals surface area contributed by atoms with E-state index in [9.17, 15) is 9.18 Å². The van der Waals surface area contributed by atoms with E-state index in [1.54, 1.807) is 26.1 Å². The Morgan fingerprint density at radius 2 is 2.04 bits per heavy atom. The molecule has 0 amide bonds. The fraction of sp³-hybridized carbons (Fsp3) is 0.235. The van der Waals surface area contributed by atoms with E-state index in [-0.39, 0.29) is 24.0 Å². The number of benzene rings is 1. The maximum atomic E-state index is 13.1. The highest BCUT2D eigenvalue weighted by molar-refractivity contribution is 5.87. The Morgan fingerprint density at radius 3 is 2.72 bits per heavy atom. The number of carbonyl (C=O) groups is 1. The van der Waals surface area contributed by atoms with Crippen LogP contribution >= 0.6 is 0 Å². The van der Waals surface area contributed by atoms with Crippen molar-refractivity contribution in [2.24, 2.45) is 7.05 Å². The molecule has 2 aromatic heterocycles. The first-order chi connectivity index (χ1) is 12.0. The van der Waals surface area contributed by atoms with Gasteiger partial charge in [-0.3, -0.25) is 4.68 Å². The molecule has 0 radical (unpaired) electrons. The Balaban J connectivity index is 1.81. The molecule has 2 heterocycles. The lowest BCUT2D eigenvalue weighted by Gasteiger charge is -2.04. The second kappa shape index (κ2) is 6.76. The summed E-state index contributed by atoms with van der Waals surface area (Å²) in [6, 6.07) is 7.43. The van der Waals surface area contributed by atoms with E-state index >= 15 is 0 Å². The summed E-state index contributed by atoms with van der Waals surface area (Å²) >= 11 is 0. The quantitative estimate of drug-likeness (QED) is 0.662. The van der Waals surface area contributed by atoms with Gasteiger partial charge in [-0.25, -0.2) is 9.18 Å². The zero-order chi connectivity index (χ0) is 18.0. The van der Waals surface area contributed by atoms with Crippen molar-refractivity contribution in [3.05, 3.63) is 53.2 Å². The van der Waals surface area contributed by atoms with Crippen molar-refractivity contribution in [2.75, 3.05) is 7.11 Å². The Kier molecular flexibility index (Phi) is 4.51. The van der Waals surface area contributed by atoms with Crippen LogP contribution in [-0.4, -0.2) is 28.0 Å². The third kappa shape index (κ3) is 3.37. The Morgan fingerprint density at radius 1 is 1.32 bits per heavy atom. The molecule has 7 nitrogen and oxygen atoms in total. The van der Waals surface area contributed by atoms with Crippen molar-refractivity contribution in [1.29, 1.82) is 0 Å². The maximum absolute atomic E-state index is 13.1. The van der Waals surface area contributed by atoms with E-state index in [0.717, 1.165) is 5.56 Å². The minimum Gasteiger partial charge on any atom is -0.471 e. The predicted molar refractivity (Wildman–Crippen MR) is 85.5 cm³/mol. The summed E-state index contributed by atoms with van der Waals surface area (Å²) in [4.78, 5) is 11.6. The third-order valence-electron chi connectivity index (χ3n) is 3.72. The van der Waals surface area contributed by atoms with Crippen LogP contribution in [0.15, 0.2) is 34.9 Å². The molecular weight excluding hydrogens is 329 g/mol. The molecule has 0 fully saturated rings. The summed E-state index contributed by atoms with van der Waals surface area (Å²) in [5.41, 5.74) is 2.28. The van der Waals surface area contributed by atoms with Gasteiger partial charge in [0.1, 0.15) is 29.6 Å². The first kappa shape index (κ1) is 16.7. The van der Waals surface area contributed by atoms with Gasteiger partial charge in [0.25, 0.3) is 0 Å². The molecule has 0 aliphatic rings. The van der Waals surface area contributed by atoms with Crippen molar-refractivity contribution in [3.8, 4) is 17.1 Å². The maximum Gasteiger partial charge on any atom is 0.356 e. The number of hydrogen-bond acceptors (Lipinski definition) is 6. The van der Waals surface area contributed by atoms with Crippen LogP contribution in [0, 0.1) is 12.7 Å². The smallest absolute Gasteiger partial charge is 0.356 e. The zero-order valence-electron chi connectivity index (χ0n) is 13.9. The van der Waals surface area contributed by atoms with Gasteiger partial charge in [-0.15, -0.1) is 5.10 Å². The SMILES string of the molecule is COC(=O)c1cc(OCc2c(-c3ccc(F)cc3)noc2C)nn1C. The van der Waals surface area contributed by atoms with E-state index in [0.29, 0.717) is 17.0 Å². The van der Waals surface area contributed by atoms with Gasteiger partial charge in [0, 0.05) is 18.7 Å². The normalized spacial score (nSPS) is 10.7. The predicted octanol–water partition coefficient (Wildman–Crippen LogP) is 2.89. The molecule has 0 saturated heterocycles. The number of rotatable bonds is 5. The number of aromatic nitrogens is 3. The highest BCUT2D eigenvalue weighted by atomic mass is 19.1. The van der Waals surface area contributed by atoms with E-state index in [4.69, 9.17) is 9.26 Å². The van der Waals surface area contributed by atoms with Crippen LogP contribution in [0.5, 0.6) is 5.88 Å². The molecule has 3 rings (SSSR count). The molecule has 25 heavy (non-hydrogen) atoms. The van der Waals surface area contributed by atoms with Gasteiger partial charge in [0.2, 0.25) is 5.88 Å². The number of nitrogens with zero attached hydrogens (tertiary/aromatic N) is 3. The second-order valence-corrected chi connectivity index (χ2v) is 5.34. The van der Waals surface area contributed by atoms with Gasteiger partial charge in [0.15, 0.2) is 0 Å². The van der Waals surface area contributed by atoms with E-state index in [1.165, 1.54) is 30.0 Å². The monoisotopic (exact) mass is 345 g/mol. The van der Waals surface area contributed by atoms with Crippen molar-refractivity contribution >= 4 is 5.97 Å². The minimum atomic E-state index is -0.502. The Hall–Kier alpha value is -3.16. The lowest BCUT2D eigenvalue weighted by Crippen LogP contribution is -2.07. The molecule has 0 N–H and O–H groups in total. The topological polar surface area (TPSA) is 79.4 Å². The van der Waals surface area contributed by atoms with Crippen molar-refractivity contribution in [1.82, 2.24) is 14.9 Å². The fourth-order valence-corrected chi connectivity index (χ4v) is 2.35. The molecule has 0 spiro atoms. The highest BCUT2D eigenvalue weighted by Gasteiger charge is 2.18. The summed E-state index contributed by atoms with van der Waals surface area (Å²) in [6.07, 6.45) is 0. The molecular formula is C17H16FN3O4. The van der Waals surface area contributed by atoms with Crippen LogP contribution in [0.1, 0.15) is 21.8 Å². The molecule has 3 aromatic rings. The van der Waals surface area contributed by atoms with Gasteiger partial charge in [-0.2, -0.15) is 0 Å². The lowest BCUT2D eigenvalue weighted by molar-refractivity contribution is 0.0588. The van der Waals surface area contributed by atoms with Crippen molar-refractivity contribution in [3.63, 3.8) is 0 Å². The largest absolute Gasteiger partial charge is 0.471 e. The summed E-state index contributed by atoms with van der Waals surface area (Å²) in [6.45, 7) is 1.90. The van der Waals surface area contributed by atoms with Crippen LogP contribution in [-0.2, 0) is 18.4 Å². The molecule has 0 aliphatic carbocycles. The van der Waals surface area contributed by atoms with Crippen molar-refractivity contribution in [2.45, 2.75) is 13.5 Å². The molecule has 130 valence electrons. The van der Waals surface area contributed by atoms with Crippen molar-refractivity contribution < 1.29 is 23.2 Å². The van der Waals surface area contributed by atoms with Gasteiger partial charge < -0.3 is 14.0 Å². The van der Waals surface area contributed by atoms with Gasteiger partial charge >= 0.3 is 5.97 Å². The second-order valence-electron chi connectivity index (χ2n) is 5.34. The molecule has 8 heteroatoms. The number of halogens is 1. The van der Waals surface area contributed by atoms with E-state index in [2.05, 4.69) is 15.0 Å². The van der Waals surface area contributed by atoms with E-state index in [1.807, 2.05) is 0 Å². The molecule has 0 saturated carbocycles. The Bertz CT molecular complexity index is 899. The average Bonchev–Trinajstić information content (AvgIpc) is 3.16. The summed E-state index contributed by atoms with van der Waals surface area (Å²) in [5.74, 6) is 0.0283. The number of esters is 1. The summed E-state index contributed by atoms with van der Waals surface area (Å²) in [5, 5.41) is 8.13. The average molecular weight is 345 g/mol. The van der Waals surface area contributed by atoms with Crippen LogP contribution in [0.25, 0.3) is 11.3 Å². The lowest BCUT2D eigenvalue weighted by atomic mass is 10.1. The molecule has 1 aromatic carbocycles. The molecule has 0 aliphatic heterocycles. The number of ether oxygens (including phenoxy) is 2. The molecule has 0 bridgehead atoms. The number of aryl methyl sites for hydroxylation is 2. The first-order valence-corrected chi connectivity index (χ1v) is 7.46. The van der Waals surface area contributed by atoms with Gasteiger partial charge in [-0.1, -0.05) is 5.16 Å².